The molecule has 0 N–H and O–H groups in total. The maximum atomic E-state index is 13.3. The number of rotatable bonds is 4. The zero-order valence-electron chi connectivity index (χ0n) is 16.2. The van der Waals surface area contributed by atoms with Crippen LogP contribution >= 0.6 is 0 Å². The molecular formula is C25H28O2. The minimum Gasteiger partial charge on any atom is -0.461 e. The second-order valence-corrected chi connectivity index (χ2v) is 9.35. The molecule has 3 aliphatic rings. The largest absolute Gasteiger partial charge is 0.461 e. The van der Waals surface area contributed by atoms with E-state index < -0.39 is 0 Å². The van der Waals surface area contributed by atoms with E-state index >= 15 is 0 Å². The van der Waals surface area contributed by atoms with Gasteiger partial charge in [0.25, 0.3) is 0 Å². The number of hydrogen-bond acceptors (Lipinski definition) is 2. The van der Waals surface area contributed by atoms with E-state index in [4.69, 9.17) is 4.74 Å². The molecule has 2 bridgehead atoms. The van der Waals surface area contributed by atoms with E-state index in [9.17, 15) is 4.79 Å². The lowest BCUT2D eigenvalue weighted by molar-refractivity contribution is -0.161. The van der Waals surface area contributed by atoms with Crippen molar-refractivity contribution < 1.29 is 9.53 Å². The average molecular weight is 360 g/mol. The van der Waals surface area contributed by atoms with Gasteiger partial charge < -0.3 is 4.74 Å². The van der Waals surface area contributed by atoms with Crippen LogP contribution in [0.3, 0.4) is 0 Å². The van der Waals surface area contributed by atoms with Crippen molar-refractivity contribution in [3.63, 3.8) is 0 Å². The van der Waals surface area contributed by atoms with Gasteiger partial charge in [0.15, 0.2) is 0 Å². The van der Waals surface area contributed by atoms with Gasteiger partial charge in [0.05, 0.1) is 5.92 Å². The molecule has 0 saturated heterocycles. The lowest BCUT2D eigenvalue weighted by Crippen LogP contribution is -2.39. The third-order valence-electron chi connectivity index (χ3n) is 7.59. The van der Waals surface area contributed by atoms with Crippen LogP contribution in [0.4, 0.5) is 0 Å². The van der Waals surface area contributed by atoms with E-state index in [1.165, 1.54) is 30.4 Å². The topological polar surface area (TPSA) is 26.3 Å². The summed E-state index contributed by atoms with van der Waals surface area (Å²) in [6.45, 7) is 4.59. The second-order valence-electron chi connectivity index (χ2n) is 9.35. The highest BCUT2D eigenvalue weighted by molar-refractivity contribution is 5.80. The summed E-state index contributed by atoms with van der Waals surface area (Å²) in [5.74, 6) is 1.73. The molecule has 27 heavy (non-hydrogen) atoms. The second kappa shape index (κ2) is 6.22. The molecule has 2 nitrogen and oxygen atoms in total. The number of carbonyl (C=O) groups is 1. The number of fused-ring (bicyclic) bond motifs is 2. The molecule has 0 spiro atoms. The van der Waals surface area contributed by atoms with E-state index in [2.05, 4.69) is 62.4 Å². The minimum absolute atomic E-state index is 0.0170. The fourth-order valence-corrected chi connectivity index (χ4v) is 6.04. The van der Waals surface area contributed by atoms with Crippen LogP contribution in [0.25, 0.3) is 0 Å². The first-order valence-electron chi connectivity index (χ1n) is 10.4. The van der Waals surface area contributed by atoms with E-state index in [0.717, 1.165) is 0 Å². The zero-order chi connectivity index (χ0) is 18.6. The Morgan fingerprint density at radius 2 is 1.44 bits per heavy atom. The van der Waals surface area contributed by atoms with E-state index in [-0.39, 0.29) is 35.2 Å². The molecule has 3 saturated carbocycles. The number of esters is 1. The average Bonchev–Trinajstić information content (AvgIpc) is 3.16. The molecular weight excluding hydrogens is 332 g/mol. The molecule has 5 rings (SSSR count). The van der Waals surface area contributed by atoms with Crippen molar-refractivity contribution in [3.05, 3.63) is 71.8 Å². The summed E-state index contributed by atoms with van der Waals surface area (Å²) >= 11 is 0. The molecule has 0 unspecified atom stereocenters. The van der Waals surface area contributed by atoms with Gasteiger partial charge in [0.2, 0.25) is 0 Å². The monoisotopic (exact) mass is 360 g/mol. The van der Waals surface area contributed by atoms with Crippen molar-refractivity contribution in [3.8, 4) is 0 Å². The quantitative estimate of drug-likeness (QED) is 0.668. The lowest BCUT2D eigenvalue weighted by atomic mass is 9.74. The Morgan fingerprint density at radius 3 is 1.93 bits per heavy atom. The Kier molecular flexibility index (Phi) is 3.93. The van der Waals surface area contributed by atoms with Crippen LogP contribution in [0.5, 0.6) is 0 Å². The molecule has 2 aromatic rings. The van der Waals surface area contributed by atoms with Gasteiger partial charge in [-0.1, -0.05) is 74.5 Å². The van der Waals surface area contributed by atoms with Gasteiger partial charge >= 0.3 is 5.97 Å². The fourth-order valence-electron chi connectivity index (χ4n) is 6.04. The Labute approximate surface area is 161 Å². The first kappa shape index (κ1) is 17.0. The Balaban J connectivity index is 1.40. The molecule has 0 amide bonds. The summed E-state index contributed by atoms with van der Waals surface area (Å²) in [5.41, 5.74) is 2.62. The van der Waals surface area contributed by atoms with Gasteiger partial charge in [-0.3, -0.25) is 4.79 Å². The molecule has 0 heterocycles. The van der Waals surface area contributed by atoms with Crippen molar-refractivity contribution in [2.75, 3.05) is 0 Å². The van der Waals surface area contributed by atoms with Gasteiger partial charge in [0.1, 0.15) is 6.10 Å². The van der Waals surface area contributed by atoms with Crippen molar-refractivity contribution in [2.45, 2.75) is 51.0 Å². The highest BCUT2D eigenvalue weighted by Gasteiger charge is 2.60. The normalized spacial score (nSPS) is 35.8. The van der Waals surface area contributed by atoms with Gasteiger partial charge in [-0.15, -0.1) is 0 Å². The number of benzene rings is 2. The smallest absolute Gasteiger partial charge is 0.310 e. The summed E-state index contributed by atoms with van der Waals surface area (Å²) in [6.07, 6.45) is 3.85. The number of hydrogen-bond donors (Lipinski definition) is 0. The van der Waals surface area contributed by atoms with E-state index in [1.54, 1.807) is 0 Å². The van der Waals surface area contributed by atoms with Crippen LogP contribution in [0, 0.1) is 23.2 Å². The third-order valence-corrected chi connectivity index (χ3v) is 7.59. The van der Waals surface area contributed by atoms with Gasteiger partial charge in [-0.05, 0) is 42.2 Å². The Morgan fingerprint density at radius 1 is 0.889 bits per heavy atom. The first-order valence-corrected chi connectivity index (χ1v) is 10.4. The Bertz CT molecular complexity index is 780. The molecule has 140 valence electrons. The molecule has 0 aromatic heterocycles. The lowest BCUT2D eigenvalue weighted by Gasteiger charge is -2.37. The van der Waals surface area contributed by atoms with Gasteiger partial charge in [0, 0.05) is 17.3 Å². The summed E-state index contributed by atoms with van der Waals surface area (Å²) in [5, 5.41) is 0. The van der Waals surface area contributed by atoms with Crippen LogP contribution < -0.4 is 0 Å². The molecule has 2 aromatic carbocycles. The van der Waals surface area contributed by atoms with Gasteiger partial charge in [-0.2, -0.15) is 0 Å². The van der Waals surface area contributed by atoms with Gasteiger partial charge in [-0.25, -0.2) is 0 Å². The Hall–Kier alpha value is -2.09. The highest BCUT2D eigenvalue weighted by atomic mass is 16.5. The van der Waals surface area contributed by atoms with Crippen molar-refractivity contribution in [1.29, 1.82) is 0 Å². The summed E-state index contributed by atoms with van der Waals surface area (Å²) < 4.78 is 6.25. The summed E-state index contributed by atoms with van der Waals surface area (Å²) in [4.78, 5) is 13.3. The van der Waals surface area contributed by atoms with Crippen LogP contribution in [0.2, 0.25) is 0 Å². The van der Waals surface area contributed by atoms with Crippen LogP contribution in [-0.4, -0.2) is 12.1 Å². The van der Waals surface area contributed by atoms with Crippen molar-refractivity contribution in [2.24, 2.45) is 23.2 Å². The first-order chi connectivity index (χ1) is 13.1. The maximum absolute atomic E-state index is 13.3. The highest BCUT2D eigenvalue weighted by Crippen LogP contribution is 2.62. The summed E-state index contributed by atoms with van der Waals surface area (Å²) in [7, 11) is 0. The molecule has 0 aliphatic heterocycles. The molecule has 3 aliphatic carbocycles. The molecule has 5 atom stereocenters. The maximum Gasteiger partial charge on any atom is 0.310 e. The van der Waals surface area contributed by atoms with E-state index in [0.29, 0.717) is 11.8 Å². The van der Waals surface area contributed by atoms with Crippen molar-refractivity contribution >= 4 is 5.97 Å². The van der Waals surface area contributed by atoms with Crippen LogP contribution in [0.15, 0.2) is 60.7 Å². The number of carbonyl (C=O) groups excluding carboxylic acids is 1. The predicted octanol–water partition coefficient (Wildman–Crippen LogP) is 5.55. The molecule has 0 radical (unpaired) electrons. The standard InChI is InChI=1S/C25H28O2/c1-25(2)19-14-13-18(15-19)23(25)27-24(26)22-20(16-9-5-3-6-10-16)21(22)17-11-7-4-8-12-17/h3-12,18-23H,13-15H2,1-2H3/t18-,19+,20+,21+,23-/m1/s1. The SMILES string of the molecule is CC1(C)[C@H]2CC[C@H](C2)[C@H]1OC(=O)C1[C@@H](c2ccccc2)[C@@H]1c1ccccc1. The summed E-state index contributed by atoms with van der Waals surface area (Å²) in [6, 6.07) is 20.9. The third kappa shape index (κ3) is 2.72. The minimum atomic E-state index is -0.0512. The number of ether oxygens (including phenoxy) is 1. The molecule has 2 heteroatoms. The predicted molar refractivity (Wildman–Crippen MR) is 106 cm³/mol. The van der Waals surface area contributed by atoms with Crippen LogP contribution in [0.1, 0.15) is 56.1 Å². The van der Waals surface area contributed by atoms with Crippen molar-refractivity contribution in [1.82, 2.24) is 0 Å². The van der Waals surface area contributed by atoms with Crippen LogP contribution in [-0.2, 0) is 9.53 Å². The molecule has 3 fully saturated rings. The zero-order valence-corrected chi connectivity index (χ0v) is 16.2. The van der Waals surface area contributed by atoms with E-state index in [1.807, 2.05) is 12.1 Å². The fraction of sp³-hybridized carbons (Fsp3) is 0.480.